The number of aromatic nitrogens is 1. The zero-order valence-corrected chi connectivity index (χ0v) is 23.9. The van der Waals surface area contributed by atoms with Gasteiger partial charge in [0, 0.05) is 12.3 Å². The van der Waals surface area contributed by atoms with Crippen LogP contribution in [0, 0.1) is 24.2 Å². The fourth-order valence-electron chi connectivity index (χ4n) is 5.70. The van der Waals surface area contributed by atoms with E-state index in [2.05, 4.69) is 18.5 Å². The van der Waals surface area contributed by atoms with Gasteiger partial charge in [0.15, 0.2) is 0 Å². The Kier molecular flexibility index (Phi) is 8.48. The number of aliphatic hydroxyl groups is 2. The van der Waals surface area contributed by atoms with E-state index in [4.69, 9.17) is 9.47 Å². The molecule has 208 valence electrons. The molecule has 2 aliphatic heterocycles. The van der Waals surface area contributed by atoms with Crippen LogP contribution in [-0.4, -0.2) is 50.9 Å². The maximum atomic E-state index is 13.6. The molecule has 1 aromatic carbocycles. The highest BCUT2D eigenvalue weighted by Gasteiger charge is 2.53. The summed E-state index contributed by atoms with van der Waals surface area (Å²) >= 11 is 1.61. The Morgan fingerprint density at radius 2 is 1.97 bits per heavy atom. The summed E-state index contributed by atoms with van der Waals surface area (Å²) < 4.78 is 13.2. The van der Waals surface area contributed by atoms with Crippen molar-refractivity contribution in [3.05, 3.63) is 41.4 Å². The number of ketones is 1. The third-order valence-electron chi connectivity index (χ3n) is 8.54. The van der Waals surface area contributed by atoms with Gasteiger partial charge in [-0.05, 0) is 56.7 Å². The molecule has 0 saturated carbocycles. The van der Waals surface area contributed by atoms with Crippen molar-refractivity contribution in [2.75, 3.05) is 0 Å². The first-order chi connectivity index (χ1) is 17.9. The lowest BCUT2D eigenvalue weighted by Gasteiger charge is -2.35. The predicted octanol–water partition coefficient (Wildman–Crippen LogP) is 5.46. The molecule has 3 heterocycles. The van der Waals surface area contributed by atoms with Gasteiger partial charge in [-0.15, -0.1) is 17.9 Å². The number of aliphatic hydroxyl groups excluding tert-OH is 2. The summed E-state index contributed by atoms with van der Waals surface area (Å²) in [6.45, 7) is 13.0. The maximum absolute atomic E-state index is 13.6. The number of rotatable bonds is 3. The number of thiazole rings is 1. The second kappa shape index (κ2) is 11.2. The van der Waals surface area contributed by atoms with Crippen LogP contribution in [0.25, 0.3) is 10.2 Å². The van der Waals surface area contributed by atoms with Crippen LogP contribution in [0.4, 0.5) is 0 Å². The lowest BCUT2D eigenvalue weighted by Crippen LogP contribution is -2.46. The molecule has 0 amide bonds. The monoisotopic (exact) mass is 543 g/mol. The number of benzene rings is 1. The van der Waals surface area contributed by atoms with E-state index in [1.54, 1.807) is 31.3 Å². The lowest BCUT2D eigenvalue weighted by atomic mass is 9.71. The number of carbonyl (C=O) groups excluding carboxylic acids is 2. The average molecular weight is 544 g/mol. The molecule has 2 saturated heterocycles. The molecule has 1 aromatic heterocycles. The number of cyclic esters (lactones) is 1. The van der Waals surface area contributed by atoms with Crippen molar-refractivity contribution in [3.8, 4) is 0 Å². The molecule has 2 fully saturated rings. The summed E-state index contributed by atoms with van der Waals surface area (Å²) in [4.78, 5) is 31.3. The number of ether oxygens (including phenoxy) is 2. The predicted molar refractivity (Wildman–Crippen MR) is 148 cm³/mol. The van der Waals surface area contributed by atoms with E-state index < -0.39 is 35.6 Å². The number of fused-ring (bicyclic) bond motifs is 2. The molecule has 0 bridgehead atoms. The number of allylic oxidation sites excluding steroid dienone is 1. The van der Waals surface area contributed by atoms with Gasteiger partial charge >= 0.3 is 5.97 Å². The van der Waals surface area contributed by atoms with Gasteiger partial charge in [0.25, 0.3) is 0 Å². The lowest BCUT2D eigenvalue weighted by molar-refractivity contribution is -0.156. The number of carbonyl (C=O) groups is 2. The minimum atomic E-state index is -1.27. The van der Waals surface area contributed by atoms with Crippen LogP contribution >= 0.6 is 11.3 Å². The Hall–Kier alpha value is -2.13. The summed E-state index contributed by atoms with van der Waals surface area (Å²) in [6, 6.07) is 5.92. The molecular weight excluding hydrogens is 502 g/mol. The quantitative estimate of drug-likeness (QED) is 0.301. The topological polar surface area (TPSA) is 109 Å². The number of epoxide rings is 1. The molecular formula is C30H41NO6S. The fraction of sp³-hybridized carbons (Fsp3) is 0.633. The zero-order valence-electron chi connectivity index (χ0n) is 23.1. The Labute approximate surface area is 229 Å². The molecule has 0 radical (unpaired) electrons. The molecule has 8 heteroatoms. The fourth-order valence-corrected chi connectivity index (χ4v) is 6.51. The second-order valence-electron chi connectivity index (χ2n) is 11.9. The number of nitrogens with zero attached hydrogens (tertiary/aromatic N) is 1. The van der Waals surface area contributed by atoms with Crippen molar-refractivity contribution in [1.29, 1.82) is 0 Å². The number of aryl methyl sites for hydroxylation is 1. The molecule has 38 heavy (non-hydrogen) atoms. The Balaban J connectivity index is 1.63. The molecule has 2 aliphatic rings. The van der Waals surface area contributed by atoms with Crippen LogP contribution in [0.5, 0.6) is 0 Å². The van der Waals surface area contributed by atoms with Crippen LogP contribution < -0.4 is 0 Å². The molecule has 0 unspecified atom stereocenters. The van der Waals surface area contributed by atoms with Crippen molar-refractivity contribution < 1.29 is 29.3 Å². The van der Waals surface area contributed by atoms with Crippen LogP contribution in [0.15, 0.2) is 30.9 Å². The van der Waals surface area contributed by atoms with E-state index in [0.717, 1.165) is 40.1 Å². The van der Waals surface area contributed by atoms with E-state index >= 15 is 0 Å². The van der Waals surface area contributed by atoms with E-state index in [0.29, 0.717) is 12.8 Å². The van der Waals surface area contributed by atoms with Gasteiger partial charge in [-0.25, -0.2) is 4.98 Å². The Bertz CT molecular complexity index is 1190. The van der Waals surface area contributed by atoms with Crippen molar-refractivity contribution in [1.82, 2.24) is 4.98 Å². The smallest absolute Gasteiger partial charge is 0.309 e. The van der Waals surface area contributed by atoms with Gasteiger partial charge in [-0.2, -0.15) is 0 Å². The van der Waals surface area contributed by atoms with Gasteiger partial charge in [-0.3, -0.25) is 9.59 Å². The van der Waals surface area contributed by atoms with Gasteiger partial charge in [0.1, 0.15) is 11.9 Å². The van der Waals surface area contributed by atoms with Crippen molar-refractivity contribution >= 4 is 33.3 Å². The third kappa shape index (κ3) is 6.03. The van der Waals surface area contributed by atoms with Crippen molar-refractivity contribution in [2.24, 2.45) is 17.3 Å². The van der Waals surface area contributed by atoms with Gasteiger partial charge in [0.05, 0.1) is 51.0 Å². The average Bonchev–Trinajstić information content (AvgIpc) is 3.32. The first-order valence-corrected chi connectivity index (χ1v) is 14.4. The number of Topliss-reactive ketones (excluding diaryl/α,β-unsaturated/α-hetero) is 1. The SMILES string of the molecule is C=CC[C@@H]1C(=O)C(C)(C)[C@H](O)CC(=O)O[C@@H](c2ccc3sc(C)nc3c2)C[C@H]2O[C@@]2(C)CCC[C@@H](C)[C@H]1O. The van der Waals surface area contributed by atoms with Gasteiger partial charge < -0.3 is 19.7 Å². The number of hydrogen-bond acceptors (Lipinski definition) is 8. The largest absolute Gasteiger partial charge is 0.457 e. The molecule has 7 atom stereocenters. The minimum Gasteiger partial charge on any atom is -0.457 e. The molecule has 7 nitrogen and oxygen atoms in total. The number of esters is 1. The summed E-state index contributed by atoms with van der Waals surface area (Å²) in [5, 5.41) is 23.2. The summed E-state index contributed by atoms with van der Waals surface area (Å²) in [5.41, 5.74) is 0.115. The molecule has 0 aliphatic carbocycles. The van der Waals surface area contributed by atoms with Crippen LogP contribution in [0.2, 0.25) is 0 Å². The summed E-state index contributed by atoms with van der Waals surface area (Å²) in [6.07, 6.45) is 1.71. The molecule has 2 N–H and O–H groups in total. The first kappa shape index (κ1) is 28.9. The highest BCUT2D eigenvalue weighted by atomic mass is 32.1. The van der Waals surface area contributed by atoms with E-state index in [1.165, 1.54) is 0 Å². The summed E-state index contributed by atoms with van der Waals surface area (Å²) in [7, 11) is 0. The van der Waals surface area contributed by atoms with E-state index in [1.807, 2.05) is 32.0 Å². The van der Waals surface area contributed by atoms with Crippen molar-refractivity contribution in [2.45, 2.75) is 103 Å². The van der Waals surface area contributed by atoms with E-state index in [9.17, 15) is 19.8 Å². The zero-order chi connectivity index (χ0) is 27.8. The highest BCUT2D eigenvalue weighted by molar-refractivity contribution is 7.18. The minimum absolute atomic E-state index is 0.0715. The number of hydrogen-bond donors (Lipinski definition) is 2. The Morgan fingerprint density at radius 3 is 2.68 bits per heavy atom. The van der Waals surface area contributed by atoms with Crippen molar-refractivity contribution in [3.63, 3.8) is 0 Å². The second-order valence-corrected chi connectivity index (χ2v) is 13.1. The normalized spacial score (nSPS) is 34.9. The van der Waals surface area contributed by atoms with Crippen LogP contribution in [0.3, 0.4) is 0 Å². The molecule has 2 aromatic rings. The first-order valence-electron chi connectivity index (χ1n) is 13.6. The van der Waals surface area contributed by atoms with E-state index in [-0.39, 0.29) is 29.8 Å². The maximum Gasteiger partial charge on any atom is 0.309 e. The van der Waals surface area contributed by atoms with Crippen LogP contribution in [-0.2, 0) is 19.1 Å². The molecule has 4 rings (SSSR count). The van der Waals surface area contributed by atoms with Crippen LogP contribution in [0.1, 0.15) is 82.9 Å². The highest BCUT2D eigenvalue weighted by Crippen LogP contribution is 2.47. The molecule has 0 spiro atoms. The van der Waals surface area contributed by atoms with Gasteiger partial charge in [-0.1, -0.05) is 39.3 Å². The Morgan fingerprint density at radius 1 is 1.24 bits per heavy atom. The standard InChI is InChI=1S/C30H41NO6S/c1-7-9-20-27(34)17(2)10-8-13-30(6)25(37-30)15-22(19-11-12-23-21(14-19)31-18(3)38-23)36-26(33)16-24(32)29(4,5)28(20)35/h7,11-12,14,17,20,22,24-25,27,32,34H,1,8-10,13,15-16H2,2-6H3/t17-,20+,22-,24-,25-,27-,30+/m1/s1. The van der Waals surface area contributed by atoms with Gasteiger partial charge in [0.2, 0.25) is 0 Å². The summed E-state index contributed by atoms with van der Waals surface area (Å²) in [5.74, 6) is -1.68. The third-order valence-corrected chi connectivity index (χ3v) is 9.49.